The first kappa shape index (κ1) is 19.6. The number of carbonyl (C=O) groups excluding carboxylic acids is 1. The number of aromatic nitrogens is 4. The predicted octanol–water partition coefficient (Wildman–Crippen LogP) is 5.37. The summed E-state index contributed by atoms with van der Waals surface area (Å²) in [5, 5.41) is 13.2. The van der Waals surface area contributed by atoms with Crippen LogP contribution in [0.3, 0.4) is 0 Å². The summed E-state index contributed by atoms with van der Waals surface area (Å²) < 4.78 is 0. The van der Waals surface area contributed by atoms with Gasteiger partial charge in [0.25, 0.3) is 0 Å². The van der Waals surface area contributed by atoms with Crippen LogP contribution >= 0.6 is 34.7 Å². The van der Waals surface area contributed by atoms with E-state index in [4.69, 9.17) is 11.6 Å². The fourth-order valence-electron chi connectivity index (χ4n) is 2.53. The molecule has 0 aliphatic heterocycles. The van der Waals surface area contributed by atoms with Gasteiger partial charge in [-0.3, -0.25) is 9.89 Å². The van der Waals surface area contributed by atoms with Crippen LogP contribution in [0.4, 0.5) is 5.13 Å². The van der Waals surface area contributed by atoms with E-state index in [2.05, 4.69) is 25.5 Å². The average molecular weight is 442 g/mol. The largest absolute Gasteiger partial charge is 0.301 e. The maximum Gasteiger partial charge on any atom is 0.239 e. The molecule has 1 unspecified atom stereocenters. The van der Waals surface area contributed by atoms with Crippen LogP contribution in [0.5, 0.6) is 0 Å². The van der Waals surface area contributed by atoms with Crippen LogP contribution in [0.1, 0.15) is 6.92 Å². The standard InChI is InChI=1S/C20H16ClN5OS2/c1-12(29-20-23-17(25-26-20)14-7-9-15(21)10-8-14)18(27)24-19-22-16(11-28-19)13-5-3-2-4-6-13/h2-12H,1H3,(H,22,24,27)(H,23,25,26). The summed E-state index contributed by atoms with van der Waals surface area (Å²) in [6, 6.07) is 17.2. The van der Waals surface area contributed by atoms with Crippen LogP contribution < -0.4 is 5.32 Å². The first-order valence-corrected chi connectivity index (χ1v) is 10.9. The summed E-state index contributed by atoms with van der Waals surface area (Å²) in [6.45, 7) is 1.81. The van der Waals surface area contributed by atoms with Crippen molar-refractivity contribution in [3.63, 3.8) is 0 Å². The van der Waals surface area contributed by atoms with Crippen molar-refractivity contribution >= 4 is 45.7 Å². The first-order chi connectivity index (χ1) is 14.1. The summed E-state index contributed by atoms with van der Waals surface area (Å²) in [6.07, 6.45) is 0. The number of anilines is 1. The van der Waals surface area contributed by atoms with Gasteiger partial charge in [-0.15, -0.1) is 16.4 Å². The number of rotatable bonds is 6. The van der Waals surface area contributed by atoms with Crippen LogP contribution in [0.15, 0.2) is 65.1 Å². The van der Waals surface area contributed by atoms with Gasteiger partial charge in [-0.25, -0.2) is 9.97 Å². The molecule has 4 rings (SSSR count). The maximum atomic E-state index is 12.5. The number of thioether (sulfide) groups is 1. The lowest BCUT2D eigenvalue weighted by molar-refractivity contribution is -0.115. The van der Waals surface area contributed by atoms with Crippen molar-refractivity contribution in [3.8, 4) is 22.6 Å². The molecule has 6 nitrogen and oxygen atoms in total. The number of halogens is 1. The van der Waals surface area contributed by atoms with Crippen molar-refractivity contribution in [2.45, 2.75) is 17.3 Å². The number of benzene rings is 2. The molecule has 2 heterocycles. The Morgan fingerprint density at radius 1 is 1.10 bits per heavy atom. The minimum Gasteiger partial charge on any atom is -0.301 e. The second-order valence-corrected chi connectivity index (χ2v) is 8.73. The molecular formula is C20H16ClN5OS2. The number of carbonyl (C=O) groups is 1. The predicted molar refractivity (Wildman–Crippen MR) is 118 cm³/mol. The molecule has 0 aliphatic carbocycles. The van der Waals surface area contributed by atoms with E-state index in [-0.39, 0.29) is 11.2 Å². The summed E-state index contributed by atoms with van der Waals surface area (Å²) in [5.74, 6) is 0.478. The molecule has 2 aromatic carbocycles. The molecule has 2 N–H and O–H groups in total. The van der Waals surface area contributed by atoms with Gasteiger partial charge >= 0.3 is 0 Å². The number of thiazole rings is 1. The molecule has 2 aromatic heterocycles. The Kier molecular flexibility index (Phi) is 5.94. The smallest absolute Gasteiger partial charge is 0.239 e. The molecular weight excluding hydrogens is 426 g/mol. The highest BCUT2D eigenvalue weighted by atomic mass is 35.5. The Morgan fingerprint density at radius 2 is 1.86 bits per heavy atom. The molecule has 9 heteroatoms. The Bertz CT molecular complexity index is 1110. The van der Waals surface area contributed by atoms with Gasteiger partial charge in [-0.2, -0.15) is 0 Å². The van der Waals surface area contributed by atoms with Gasteiger partial charge in [-0.1, -0.05) is 53.7 Å². The van der Waals surface area contributed by atoms with E-state index in [1.54, 1.807) is 12.1 Å². The van der Waals surface area contributed by atoms with E-state index in [1.165, 1.54) is 23.1 Å². The number of aromatic amines is 1. The van der Waals surface area contributed by atoms with E-state index in [0.717, 1.165) is 16.8 Å². The normalized spacial score (nSPS) is 11.9. The van der Waals surface area contributed by atoms with Crippen LogP contribution in [0.25, 0.3) is 22.6 Å². The lowest BCUT2D eigenvalue weighted by Crippen LogP contribution is -2.22. The minimum atomic E-state index is -0.382. The molecule has 0 bridgehead atoms. The zero-order valence-corrected chi connectivity index (χ0v) is 17.7. The molecule has 29 heavy (non-hydrogen) atoms. The highest BCUT2D eigenvalue weighted by Crippen LogP contribution is 2.27. The maximum absolute atomic E-state index is 12.5. The van der Waals surface area contributed by atoms with E-state index in [0.29, 0.717) is 21.1 Å². The van der Waals surface area contributed by atoms with Gasteiger partial charge in [0.15, 0.2) is 11.0 Å². The molecule has 4 aromatic rings. The van der Waals surface area contributed by atoms with Gasteiger partial charge < -0.3 is 5.32 Å². The zero-order valence-electron chi connectivity index (χ0n) is 15.3. The number of hydrogen-bond donors (Lipinski definition) is 2. The molecule has 0 fully saturated rings. The fraction of sp³-hybridized carbons (Fsp3) is 0.100. The van der Waals surface area contributed by atoms with Crippen molar-refractivity contribution in [1.82, 2.24) is 20.2 Å². The second kappa shape index (κ2) is 8.77. The van der Waals surface area contributed by atoms with Crippen LogP contribution in [-0.4, -0.2) is 31.3 Å². The second-order valence-electron chi connectivity index (χ2n) is 6.13. The number of H-pyrrole nitrogens is 1. The fourth-order valence-corrected chi connectivity index (χ4v) is 4.10. The Hall–Kier alpha value is -2.68. The highest BCUT2D eigenvalue weighted by Gasteiger charge is 2.19. The zero-order chi connectivity index (χ0) is 20.2. The van der Waals surface area contributed by atoms with E-state index in [9.17, 15) is 4.79 Å². The third-order valence-corrected chi connectivity index (χ3v) is 6.01. The average Bonchev–Trinajstić information content (AvgIpc) is 3.39. The van der Waals surface area contributed by atoms with Crippen molar-refractivity contribution in [1.29, 1.82) is 0 Å². The molecule has 146 valence electrons. The summed E-state index contributed by atoms with van der Waals surface area (Å²) in [7, 11) is 0. The number of nitrogens with one attached hydrogen (secondary N) is 2. The van der Waals surface area contributed by atoms with Gasteiger partial charge in [0.2, 0.25) is 11.1 Å². The number of hydrogen-bond acceptors (Lipinski definition) is 6. The molecule has 0 radical (unpaired) electrons. The Morgan fingerprint density at radius 3 is 2.62 bits per heavy atom. The van der Waals surface area contributed by atoms with E-state index >= 15 is 0 Å². The quantitative estimate of drug-likeness (QED) is 0.393. The van der Waals surface area contributed by atoms with E-state index < -0.39 is 0 Å². The van der Waals surface area contributed by atoms with Gasteiger partial charge in [0.05, 0.1) is 10.9 Å². The van der Waals surface area contributed by atoms with E-state index in [1.807, 2.05) is 54.8 Å². The van der Waals surface area contributed by atoms with Gasteiger partial charge in [-0.05, 0) is 31.2 Å². The topological polar surface area (TPSA) is 83.6 Å². The van der Waals surface area contributed by atoms with Crippen molar-refractivity contribution < 1.29 is 4.79 Å². The molecule has 1 atom stereocenters. The minimum absolute atomic E-state index is 0.151. The van der Waals surface area contributed by atoms with Crippen molar-refractivity contribution in [2.75, 3.05) is 5.32 Å². The van der Waals surface area contributed by atoms with Crippen molar-refractivity contribution in [3.05, 3.63) is 65.0 Å². The van der Waals surface area contributed by atoms with Crippen LogP contribution in [-0.2, 0) is 4.79 Å². The number of amides is 1. The Labute approximate surface area is 180 Å². The summed E-state index contributed by atoms with van der Waals surface area (Å²) in [4.78, 5) is 21.5. The molecule has 1 amide bonds. The Balaban J connectivity index is 1.38. The summed E-state index contributed by atoms with van der Waals surface area (Å²) in [5.41, 5.74) is 2.73. The first-order valence-electron chi connectivity index (χ1n) is 8.75. The third-order valence-electron chi connectivity index (χ3n) is 4.04. The van der Waals surface area contributed by atoms with Gasteiger partial charge in [0.1, 0.15) is 0 Å². The SMILES string of the molecule is CC(Sc1n[nH]c(-c2ccc(Cl)cc2)n1)C(=O)Nc1nc(-c2ccccc2)cs1. The molecule has 0 spiro atoms. The monoisotopic (exact) mass is 441 g/mol. The van der Waals surface area contributed by atoms with Crippen molar-refractivity contribution in [2.24, 2.45) is 0 Å². The van der Waals surface area contributed by atoms with Gasteiger partial charge in [0, 0.05) is 21.5 Å². The van der Waals surface area contributed by atoms with Crippen LogP contribution in [0, 0.1) is 0 Å². The lowest BCUT2D eigenvalue weighted by atomic mass is 10.2. The lowest BCUT2D eigenvalue weighted by Gasteiger charge is -2.07. The molecule has 0 saturated carbocycles. The van der Waals surface area contributed by atoms with Crippen LogP contribution in [0.2, 0.25) is 5.02 Å². The molecule has 0 aliphatic rings. The summed E-state index contributed by atoms with van der Waals surface area (Å²) >= 11 is 8.59. The molecule has 0 saturated heterocycles. The third kappa shape index (κ3) is 4.84. The highest BCUT2D eigenvalue weighted by molar-refractivity contribution is 8.00. The number of nitrogens with zero attached hydrogens (tertiary/aromatic N) is 3.